The van der Waals surface area contributed by atoms with Crippen molar-refractivity contribution in [3.05, 3.63) is 80.9 Å². The molecule has 0 unspecified atom stereocenters. The fourth-order valence-corrected chi connectivity index (χ4v) is 5.40. The van der Waals surface area contributed by atoms with Crippen molar-refractivity contribution < 1.29 is 31.9 Å². The summed E-state index contributed by atoms with van der Waals surface area (Å²) >= 11 is 4.00. The van der Waals surface area contributed by atoms with Crippen LogP contribution in [0.25, 0.3) is 21.3 Å². The lowest BCUT2D eigenvalue weighted by Gasteiger charge is -2.11. The van der Waals surface area contributed by atoms with Gasteiger partial charge in [0.2, 0.25) is 0 Å². The van der Waals surface area contributed by atoms with E-state index < -0.39 is 23.7 Å². The van der Waals surface area contributed by atoms with Crippen LogP contribution in [0.2, 0.25) is 0 Å². The standard InChI is InChI=1S/C27H21BrF3N5O4S/c1-3-36-11-18(13(2)35-36)17-10-20(27(29,30)31)33-26-21(17)22(23(41-26)24(32)37)34-25(38)19-9-8-16(40-19)12-39-15-6-4-14(28)5-7-15/h4-11H,3,12H2,1-2H3,(H2,32,37)(H,34,38). The summed E-state index contributed by atoms with van der Waals surface area (Å²) in [5.41, 5.74) is 5.31. The third-order valence-corrected chi connectivity index (χ3v) is 7.68. The van der Waals surface area contributed by atoms with Crippen LogP contribution in [0.1, 0.15) is 44.3 Å². The minimum atomic E-state index is -4.76. The Morgan fingerprint density at radius 3 is 2.54 bits per heavy atom. The topological polar surface area (TPSA) is 125 Å². The first-order valence-electron chi connectivity index (χ1n) is 12.1. The number of fused-ring (bicyclic) bond motifs is 1. The predicted molar refractivity (Wildman–Crippen MR) is 150 cm³/mol. The largest absolute Gasteiger partial charge is 0.486 e. The van der Waals surface area contributed by atoms with E-state index in [1.54, 1.807) is 36.0 Å². The second-order valence-corrected chi connectivity index (χ2v) is 10.8. The SMILES string of the molecule is CCn1cc(-c2cc(C(F)(F)F)nc3sc(C(N)=O)c(NC(=O)c4ccc(COc5ccc(Br)cc5)o4)c23)c(C)n1. The molecule has 4 aromatic heterocycles. The number of hydrogen-bond acceptors (Lipinski definition) is 7. The second-order valence-electron chi connectivity index (χ2n) is 8.85. The molecule has 5 rings (SSSR count). The summed E-state index contributed by atoms with van der Waals surface area (Å²) in [6, 6.07) is 11.0. The quantitative estimate of drug-likeness (QED) is 0.191. The zero-order chi connectivity index (χ0) is 29.5. The van der Waals surface area contributed by atoms with Gasteiger partial charge in [-0.1, -0.05) is 15.9 Å². The minimum absolute atomic E-state index is 0.0395. The first kappa shape index (κ1) is 28.4. The van der Waals surface area contributed by atoms with Crippen LogP contribution in [0.15, 0.2) is 57.6 Å². The summed E-state index contributed by atoms with van der Waals surface area (Å²) in [7, 11) is 0. The average molecular weight is 648 g/mol. The fourth-order valence-electron chi connectivity index (χ4n) is 4.13. The molecule has 0 atom stereocenters. The van der Waals surface area contributed by atoms with Gasteiger partial charge in [-0.05, 0) is 61.9 Å². The molecule has 0 saturated carbocycles. The molecule has 0 aliphatic carbocycles. The van der Waals surface area contributed by atoms with Crippen molar-refractivity contribution in [1.29, 1.82) is 0 Å². The lowest BCUT2D eigenvalue weighted by Crippen LogP contribution is -2.16. The Bertz CT molecular complexity index is 1780. The van der Waals surface area contributed by atoms with E-state index in [9.17, 15) is 22.8 Å². The number of nitrogens with zero attached hydrogens (tertiary/aromatic N) is 3. The summed E-state index contributed by atoms with van der Waals surface area (Å²) in [4.78, 5) is 29.1. The lowest BCUT2D eigenvalue weighted by atomic mass is 10.0. The number of rotatable bonds is 8. The van der Waals surface area contributed by atoms with E-state index in [-0.39, 0.29) is 38.7 Å². The van der Waals surface area contributed by atoms with Crippen molar-refractivity contribution in [2.24, 2.45) is 5.73 Å². The van der Waals surface area contributed by atoms with Gasteiger partial charge in [0, 0.05) is 28.2 Å². The number of benzene rings is 1. The number of hydrogen-bond donors (Lipinski definition) is 2. The normalized spacial score (nSPS) is 11.7. The van der Waals surface area contributed by atoms with Gasteiger partial charge >= 0.3 is 6.18 Å². The summed E-state index contributed by atoms with van der Waals surface area (Å²) in [6.07, 6.45) is -3.16. The van der Waals surface area contributed by atoms with Crippen molar-refractivity contribution >= 4 is 55.0 Å². The van der Waals surface area contributed by atoms with Gasteiger partial charge in [0.25, 0.3) is 11.8 Å². The van der Waals surface area contributed by atoms with Crippen LogP contribution in [-0.2, 0) is 19.3 Å². The van der Waals surface area contributed by atoms with Crippen LogP contribution < -0.4 is 15.8 Å². The molecule has 0 aliphatic rings. The maximum Gasteiger partial charge on any atom is 0.433 e. The third kappa shape index (κ3) is 5.84. The van der Waals surface area contributed by atoms with Crippen LogP contribution in [-0.4, -0.2) is 26.6 Å². The van der Waals surface area contributed by atoms with Crippen LogP contribution in [0.5, 0.6) is 5.75 Å². The maximum absolute atomic E-state index is 13.8. The van der Waals surface area contributed by atoms with Gasteiger partial charge in [-0.25, -0.2) is 4.98 Å². The van der Waals surface area contributed by atoms with Crippen LogP contribution in [0.4, 0.5) is 18.9 Å². The molecule has 3 N–H and O–H groups in total. The van der Waals surface area contributed by atoms with E-state index in [1.807, 2.05) is 19.1 Å². The molecule has 0 aliphatic heterocycles. The second kappa shape index (κ2) is 11.0. The molecule has 5 aromatic rings. The Labute approximate surface area is 243 Å². The molecule has 1 aromatic carbocycles. The van der Waals surface area contributed by atoms with Gasteiger partial charge in [0.1, 0.15) is 33.5 Å². The highest BCUT2D eigenvalue weighted by atomic mass is 79.9. The van der Waals surface area contributed by atoms with Crippen LogP contribution >= 0.6 is 27.3 Å². The third-order valence-electron chi connectivity index (χ3n) is 6.06. The molecule has 0 fully saturated rings. The number of nitrogens with one attached hydrogen (secondary N) is 1. The number of amides is 2. The summed E-state index contributed by atoms with van der Waals surface area (Å²) in [5.74, 6) is -0.846. The lowest BCUT2D eigenvalue weighted by molar-refractivity contribution is -0.140. The van der Waals surface area contributed by atoms with E-state index in [2.05, 4.69) is 31.3 Å². The van der Waals surface area contributed by atoms with Gasteiger partial charge in [-0.2, -0.15) is 18.3 Å². The fraction of sp³-hybridized carbons (Fsp3) is 0.185. The highest BCUT2D eigenvalue weighted by Crippen LogP contribution is 2.44. The molecule has 0 saturated heterocycles. The Kier molecular flexibility index (Phi) is 7.62. The number of alkyl halides is 3. The summed E-state index contributed by atoms with van der Waals surface area (Å²) in [6.45, 7) is 4.01. The van der Waals surface area contributed by atoms with E-state index in [0.29, 0.717) is 40.6 Å². The highest BCUT2D eigenvalue weighted by molar-refractivity contribution is 9.10. The molecule has 9 nitrogen and oxygen atoms in total. The molecule has 0 bridgehead atoms. The van der Waals surface area contributed by atoms with Gasteiger partial charge < -0.3 is 20.2 Å². The van der Waals surface area contributed by atoms with Gasteiger partial charge in [0.05, 0.1) is 11.4 Å². The molecule has 0 radical (unpaired) electrons. The van der Waals surface area contributed by atoms with Gasteiger partial charge in [-0.15, -0.1) is 11.3 Å². The Morgan fingerprint density at radius 1 is 1.17 bits per heavy atom. The summed E-state index contributed by atoms with van der Waals surface area (Å²) < 4.78 is 55.2. The molecule has 14 heteroatoms. The number of pyridine rings is 1. The Hall–Kier alpha value is -4.17. The monoisotopic (exact) mass is 647 g/mol. The molecular weight excluding hydrogens is 627 g/mol. The Morgan fingerprint density at radius 2 is 1.90 bits per heavy atom. The number of nitrogens with two attached hydrogens (primary N) is 1. The zero-order valence-corrected chi connectivity index (χ0v) is 23.9. The molecular formula is C27H21BrF3N5O4S. The summed E-state index contributed by atoms with van der Waals surface area (Å²) in [5, 5.41) is 7.09. The van der Waals surface area contributed by atoms with Crippen LogP contribution in [0.3, 0.4) is 0 Å². The average Bonchev–Trinajstić information content (AvgIpc) is 3.64. The van der Waals surface area contributed by atoms with Gasteiger partial charge in [0.15, 0.2) is 5.76 Å². The molecule has 41 heavy (non-hydrogen) atoms. The number of primary amides is 1. The molecule has 0 spiro atoms. The van der Waals surface area contributed by atoms with Crippen molar-refractivity contribution in [2.75, 3.05) is 5.32 Å². The number of halogens is 4. The number of carbonyl (C=O) groups is 2. The highest BCUT2D eigenvalue weighted by Gasteiger charge is 2.35. The first-order valence-corrected chi connectivity index (χ1v) is 13.7. The first-order chi connectivity index (χ1) is 19.4. The predicted octanol–water partition coefficient (Wildman–Crippen LogP) is 6.79. The number of carbonyl (C=O) groups excluding carboxylic acids is 2. The number of anilines is 1. The molecule has 2 amide bonds. The van der Waals surface area contributed by atoms with Crippen LogP contribution in [0, 0.1) is 6.92 Å². The smallest absolute Gasteiger partial charge is 0.433 e. The van der Waals surface area contributed by atoms with Gasteiger partial charge in [-0.3, -0.25) is 14.3 Å². The number of furan rings is 1. The minimum Gasteiger partial charge on any atom is -0.486 e. The van der Waals surface area contributed by atoms with E-state index in [1.165, 1.54) is 6.07 Å². The Balaban J connectivity index is 1.54. The van der Waals surface area contributed by atoms with E-state index in [4.69, 9.17) is 14.9 Å². The molecule has 212 valence electrons. The van der Waals surface area contributed by atoms with Crippen molar-refractivity contribution in [3.63, 3.8) is 0 Å². The van der Waals surface area contributed by atoms with E-state index >= 15 is 0 Å². The zero-order valence-electron chi connectivity index (χ0n) is 21.5. The van der Waals surface area contributed by atoms with Crippen molar-refractivity contribution in [2.45, 2.75) is 33.2 Å². The van der Waals surface area contributed by atoms with Crippen molar-refractivity contribution in [1.82, 2.24) is 14.8 Å². The number of ether oxygens (including phenoxy) is 1. The molecule has 4 heterocycles. The number of aromatic nitrogens is 3. The number of thiophene rings is 1. The van der Waals surface area contributed by atoms with E-state index in [0.717, 1.165) is 10.5 Å². The number of aryl methyl sites for hydroxylation is 2. The maximum atomic E-state index is 13.8. The van der Waals surface area contributed by atoms with Crippen molar-refractivity contribution in [3.8, 4) is 16.9 Å².